The molecule has 1 heterocycles. The van der Waals surface area contributed by atoms with Crippen LogP contribution in [-0.2, 0) is 0 Å². The number of pyridine rings is 1. The van der Waals surface area contributed by atoms with Crippen LogP contribution in [-0.4, -0.2) is 4.98 Å². The van der Waals surface area contributed by atoms with E-state index in [0.29, 0.717) is 11.6 Å². The normalized spacial score (nSPS) is 13.2. The van der Waals surface area contributed by atoms with Crippen LogP contribution in [0, 0.1) is 12.8 Å². The van der Waals surface area contributed by atoms with Gasteiger partial charge in [-0.1, -0.05) is 29.8 Å². The summed E-state index contributed by atoms with van der Waals surface area (Å²) in [7, 11) is 0. The average molecular weight is 259 g/mol. The molecule has 3 nitrogen and oxygen atoms in total. The highest BCUT2D eigenvalue weighted by molar-refractivity contribution is 9.09. The van der Waals surface area contributed by atoms with Gasteiger partial charge in [-0.3, -0.25) is 4.79 Å². The molecule has 0 saturated heterocycles. The smallest absolute Gasteiger partial charge is 0.271 e. The standard InChI is InChI=1S/C10H15BrN2O/c1-5(2)8(11)7-4-13-10(14)9(12)6(7)3/h4-5,8H,12H2,1-3H3,(H,13,14). The van der Waals surface area contributed by atoms with Gasteiger partial charge in [0.25, 0.3) is 5.56 Å². The molecule has 14 heavy (non-hydrogen) atoms. The lowest BCUT2D eigenvalue weighted by Gasteiger charge is -2.16. The van der Waals surface area contributed by atoms with Crippen molar-refractivity contribution in [1.82, 2.24) is 4.98 Å². The molecule has 0 aromatic carbocycles. The van der Waals surface area contributed by atoms with E-state index in [1.54, 1.807) is 6.20 Å². The highest BCUT2D eigenvalue weighted by Gasteiger charge is 2.16. The van der Waals surface area contributed by atoms with Crippen LogP contribution >= 0.6 is 15.9 Å². The van der Waals surface area contributed by atoms with Gasteiger partial charge in [-0.05, 0) is 24.0 Å². The quantitative estimate of drug-likeness (QED) is 0.801. The van der Waals surface area contributed by atoms with Crippen molar-refractivity contribution < 1.29 is 0 Å². The first-order valence-electron chi connectivity index (χ1n) is 4.57. The van der Waals surface area contributed by atoms with Crippen LogP contribution in [0.4, 0.5) is 5.69 Å². The number of nitrogens with two attached hydrogens (primary N) is 1. The number of aromatic nitrogens is 1. The number of hydrogen-bond donors (Lipinski definition) is 2. The van der Waals surface area contributed by atoms with Crippen LogP contribution in [0.15, 0.2) is 11.0 Å². The van der Waals surface area contributed by atoms with E-state index >= 15 is 0 Å². The van der Waals surface area contributed by atoms with Gasteiger partial charge >= 0.3 is 0 Å². The van der Waals surface area contributed by atoms with Gasteiger partial charge in [0.15, 0.2) is 0 Å². The van der Waals surface area contributed by atoms with Crippen LogP contribution in [0.1, 0.15) is 29.8 Å². The van der Waals surface area contributed by atoms with Crippen molar-refractivity contribution in [2.45, 2.75) is 25.6 Å². The third kappa shape index (κ3) is 2.00. The Morgan fingerprint density at radius 2 is 2.07 bits per heavy atom. The van der Waals surface area contributed by atoms with Crippen molar-refractivity contribution in [1.29, 1.82) is 0 Å². The fourth-order valence-electron chi connectivity index (χ4n) is 1.30. The maximum Gasteiger partial charge on any atom is 0.271 e. The summed E-state index contributed by atoms with van der Waals surface area (Å²) in [6.07, 6.45) is 1.73. The minimum atomic E-state index is -0.213. The highest BCUT2D eigenvalue weighted by atomic mass is 79.9. The molecule has 0 bridgehead atoms. The lowest BCUT2D eigenvalue weighted by atomic mass is 10.00. The first-order chi connectivity index (χ1) is 6.45. The summed E-state index contributed by atoms with van der Waals surface area (Å²) in [6, 6.07) is 0. The second kappa shape index (κ2) is 4.17. The molecular formula is C10H15BrN2O. The molecule has 0 saturated carbocycles. The molecule has 3 N–H and O–H groups in total. The van der Waals surface area contributed by atoms with E-state index in [-0.39, 0.29) is 10.4 Å². The van der Waals surface area contributed by atoms with E-state index in [4.69, 9.17) is 5.73 Å². The Morgan fingerprint density at radius 1 is 1.50 bits per heavy atom. The van der Waals surface area contributed by atoms with Crippen LogP contribution in [0.3, 0.4) is 0 Å². The molecule has 1 rings (SSSR count). The van der Waals surface area contributed by atoms with Gasteiger partial charge in [0, 0.05) is 11.0 Å². The van der Waals surface area contributed by atoms with Crippen molar-refractivity contribution in [3.63, 3.8) is 0 Å². The van der Waals surface area contributed by atoms with E-state index < -0.39 is 0 Å². The number of H-pyrrole nitrogens is 1. The number of alkyl halides is 1. The summed E-state index contributed by atoms with van der Waals surface area (Å²) < 4.78 is 0. The molecular weight excluding hydrogens is 244 g/mol. The molecule has 1 aromatic rings. The summed E-state index contributed by atoms with van der Waals surface area (Å²) >= 11 is 3.58. The van der Waals surface area contributed by atoms with E-state index in [1.165, 1.54) is 0 Å². The third-order valence-electron chi connectivity index (χ3n) is 2.32. The van der Waals surface area contributed by atoms with Gasteiger partial charge in [0.1, 0.15) is 5.69 Å². The molecule has 0 amide bonds. The Morgan fingerprint density at radius 3 is 2.57 bits per heavy atom. The maximum absolute atomic E-state index is 11.2. The minimum absolute atomic E-state index is 0.213. The van der Waals surface area contributed by atoms with Crippen LogP contribution in [0.5, 0.6) is 0 Å². The van der Waals surface area contributed by atoms with Gasteiger partial charge < -0.3 is 10.7 Å². The molecule has 1 atom stereocenters. The highest BCUT2D eigenvalue weighted by Crippen LogP contribution is 2.32. The molecule has 0 aliphatic carbocycles. The average Bonchev–Trinajstić information content (AvgIpc) is 2.13. The topological polar surface area (TPSA) is 58.9 Å². The van der Waals surface area contributed by atoms with Crippen LogP contribution in [0.2, 0.25) is 0 Å². The molecule has 0 radical (unpaired) electrons. The van der Waals surface area contributed by atoms with Gasteiger partial charge in [0.05, 0.1) is 0 Å². The largest absolute Gasteiger partial charge is 0.394 e. The van der Waals surface area contributed by atoms with Gasteiger partial charge in [-0.2, -0.15) is 0 Å². The van der Waals surface area contributed by atoms with Crippen molar-refractivity contribution in [2.75, 3.05) is 5.73 Å². The molecule has 0 aliphatic heterocycles. The van der Waals surface area contributed by atoms with Crippen molar-refractivity contribution in [3.8, 4) is 0 Å². The first kappa shape index (κ1) is 11.3. The summed E-state index contributed by atoms with van der Waals surface area (Å²) in [5.74, 6) is 0.457. The lowest BCUT2D eigenvalue weighted by Crippen LogP contribution is -2.16. The van der Waals surface area contributed by atoms with Crippen LogP contribution < -0.4 is 11.3 Å². The van der Waals surface area contributed by atoms with E-state index in [1.807, 2.05) is 6.92 Å². The zero-order chi connectivity index (χ0) is 10.9. The third-order valence-corrected chi connectivity index (χ3v) is 3.87. The first-order valence-corrected chi connectivity index (χ1v) is 5.48. The number of halogens is 1. The molecule has 0 spiro atoms. The molecule has 78 valence electrons. The van der Waals surface area contributed by atoms with E-state index in [9.17, 15) is 4.79 Å². The van der Waals surface area contributed by atoms with Gasteiger partial charge in [0.2, 0.25) is 0 Å². The Hall–Kier alpha value is -0.770. The number of hydrogen-bond acceptors (Lipinski definition) is 2. The van der Waals surface area contributed by atoms with Crippen molar-refractivity contribution >= 4 is 21.6 Å². The second-order valence-corrected chi connectivity index (χ2v) is 4.74. The predicted octanol–water partition coefficient (Wildman–Crippen LogP) is 2.36. The zero-order valence-electron chi connectivity index (χ0n) is 8.60. The van der Waals surface area contributed by atoms with Gasteiger partial charge in [-0.25, -0.2) is 0 Å². The van der Waals surface area contributed by atoms with Crippen molar-refractivity contribution in [3.05, 3.63) is 27.7 Å². The van der Waals surface area contributed by atoms with Gasteiger partial charge in [-0.15, -0.1) is 0 Å². The van der Waals surface area contributed by atoms with Crippen molar-refractivity contribution in [2.24, 2.45) is 5.92 Å². The number of anilines is 1. The summed E-state index contributed by atoms with van der Waals surface area (Å²) in [4.78, 5) is 14.0. The zero-order valence-corrected chi connectivity index (χ0v) is 10.2. The fourth-order valence-corrected chi connectivity index (χ4v) is 1.78. The number of nitrogens with one attached hydrogen (secondary N) is 1. The Labute approximate surface area is 91.8 Å². The van der Waals surface area contributed by atoms with E-state index in [2.05, 4.69) is 34.8 Å². The Bertz CT molecular complexity index is 384. The lowest BCUT2D eigenvalue weighted by molar-refractivity contribution is 0.637. The Kier molecular flexibility index (Phi) is 3.37. The molecule has 1 unspecified atom stereocenters. The molecule has 0 aliphatic rings. The predicted molar refractivity (Wildman–Crippen MR) is 62.7 cm³/mol. The maximum atomic E-state index is 11.2. The molecule has 0 fully saturated rings. The number of rotatable bonds is 2. The van der Waals surface area contributed by atoms with E-state index in [0.717, 1.165) is 11.1 Å². The second-order valence-electron chi connectivity index (χ2n) is 3.76. The number of aromatic amines is 1. The minimum Gasteiger partial charge on any atom is -0.394 e. The SMILES string of the molecule is Cc1c(C(Br)C(C)C)c[nH]c(=O)c1N. The Balaban J connectivity index is 3.24. The summed E-state index contributed by atoms with van der Waals surface area (Å²) in [6.45, 7) is 6.09. The number of nitrogen functional groups attached to an aromatic ring is 1. The summed E-state index contributed by atoms with van der Waals surface area (Å²) in [5, 5.41) is 0. The fraction of sp³-hybridized carbons (Fsp3) is 0.500. The monoisotopic (exact) mass is 258 g/mol. The van der Waals surface area contributed by atoms with Crippen LogP contribution in [0.25, 0.3) is 0 Å². The molecule has 4 heteroatoms. The molecule has 1 aromatic heterocycles. The summed E-state index contributed by atoms with van der Waals surface area (Å²) in [5.41, 5.74) is 7.67.